The van der Waals surface area contributed by atoms with Crippen molar-refractivity contribution >= 4 is 0 Å². The molecular formula is C29H51F3. The van der Waals surface area contributed by atoms with Crippen molar-refractivity contribution in [3.63, 3.8) is 0 Å². The molecule has 0 heterocycles. The van der Waals surface area contributed by atoms with Crippen LogP contribution in [0.3, 0.4) is 0 Å². The van der Waals surface area contributed by atoms with Crippen LogP contribution in [0.4, 0.5) is 13.2 Å². The van der Waals surface area contributed by atoms with Gasteiger partial charge in [-0.05, 0) is 91.8 Å². The van der Waals surface area contributed by atoms with Gasteiger partial charge in [-0.3, -0.25) is 0 Å². The van der Waals surface area contributed by atoms with Gasteiger partial charge in [0.1, 0.15) is 0 Å². The number of hydrogen-bond donors (Lipinski definition) is 0. The van der Waals surface area contributed by atoms with Gasteiger partial charge in [-0.1, -0.05) is 80.1 Å². The van der Waals surface area contributed by atoms with Crippen LogP contribution >= 0.6 is 0 Å². The normalized spacial score (nSPS) is 44.7. The van der Waals surface area contributed by atoms with Crippen molar-refractivity contribution in [2.75, 3.05) is 0 Å². The van der Waals surface area contributed by atoms with Gasteiger partial charge in [0.15, 0.2) is 0 Å². The summed E-state index contributed by atoms with van der Waals surface area (Å²) in [6.45, 7) is 13.6. The van der Waals surface area contributed by atoms with Crippen LogP contribution in [0.15, 0.2) is 0 Å². The van der Waals surface area contributed by atoms with E-state index >= 15 is 13.2 Å². The molecule has 6 atom stereocenters. The van der Waals surface area contributed by atoms with Crippen molar-refractivity contribution in [2.45, 2.75) is 125 Å². The maximum Gasteiger partial charge on any atom is 0.395 e. The van der Waals surface area contributed by atoms with E-state index in [9.17, 15) is 0 Å². The van der Waals surface area contributed by atoms with E-state index in [1.807, 2.05) is 0 Å². The fourth-order valence-electron chi connectivity index (χ4n) is 8.05. The maximum absolute atomic E-state index is 15.7. The molecule has 0 amide bonds. The van der Waals surface area contributed by atoms with Gasteiger partial charge in [-0.25, -0.2) is 0 Å². The molecule has 0 N–H and O–H groups in total. The van der Waals surface area contributed by atoms with E-state index in [0.29, 0.717) is 35.5 Å². The Kier molecular flexibility index (Phi) is 8.74. The molecule has 0 bridgehead atoms. The van der Waals surface area contributed by atoms with Crippen LogP contribution in [-0.4, -0.2) is 6.18 Å². The van der Waals surface area contributed by atoms with E-state index in [2.05, 4.69) is 41.5 Å². The van der Waals surface area contributed by atoms with Gasteiger partial charge in [0.05, 0.1) is 5.41 Å². The molecule has 3 rings (SSSR count). The molecule has 0 aliphatic heterocycles. The van der Waals surface area contributed by atoms with E-state index < -0.39 is 11.6 Å². The Labute approximate surface area is 196 Å². The van der Waals surface area contributed by atoms with E-state index in [-0.39, 0.29) is 17.8 Å². The molecule has 0 nitrogen and oxygen atoms in total. The first-order valence-electron chi connectivity index (χ1n) is 14.0. The first kappa shape index (κ1) is 26.4. The van der Waals surface area contributed by atoms with Gasteiger partial charge in [0.2, 0.25) is 0 Å². The summed E-state index contributed by atoms with van der Waals surface area (Å²) in [6, 6.07) is 0. The van der Waals surface area contributed by atoms with Crippen LogP contribution in [0.1, 0.15) is 119 Å². The van der Waals surface area contributed by atoms with Gasteiger partial charge < -0.3 is 0 Å². The third kappa shape index (κ3) is 5.22. The lowest BCUT2D eigenvalue weighted by molar-refractivity contribution is -0.290. The lowest BCUT2D eigenvalue weighted by Gasteiger charge is -2.52. The molecule has 0 aromatic carbocycles. The van der Waals surface area contributed by atoms with Crippen molar-refractivity contribution in [3.8, 4) is 0 Å². The fraction of sp³-hybridized carbons (Fsp3) is 1.00. The van der Waals surface area contributed by atoms with Crippen LogP contribution in [-0.2, 0) is 0 Å². The predicted octanol–water partition coefficient (Wildman–Crippen LogP) is 9.92. The van der Waals surface area contributed by atoms with Crippen LogP contribution in [0.2, 0.25) is 0 Å². The van der Waals surface area contributed by atoms with Crippen LogP contribution < -0.4 is 0 Å². The molecule has 3 heteroatoms. The number of halogens is 3. The summed E-state index contributed by atoms with van der Waals surface area (Å²) in [5.74, 6) is 2.75. The van der Waals surface area contributed by atoms with Gasteiger partial charge in [-0.15, -0.1) is 0 Å². The first-order valence-corrected chi connectivity index (χ1v) is 14.0. The summed E-state index contributed by atoms with van der Waals surface area (Å²) >= 11 is 0. The van der Waals surface area contributed by atoms with Gasteiger partial charge >= 0.3 is 6.18 Å². The minimum atomic E-state index is -4.10. The number of hydrogen-bond acceptors (Lipinski definition) is 0. The van der Waals surface area contributed by atoms with Gasteiger partial charge in [0.25, 0.3) is 0 Å². The minimum absolute atomic E-state index is 0.183. The SMILES string of the molecule is CC1CCC(C(C2CCC(C)C(C)CC2)(C2CCC(C)C(C)CC2)C(F)(F)F)CCC1C. The lowest BCUT2D eigenvalue weighted by atomic mass is 9.53. The zero-order valence-corrected chi connectivity index (χ0v) is 21.8. The van der Waals surface area contributed by atoms with Crippen LogP contribution in [0.25, 0.3) is 0 Å². The van der Waals surface area contributed by atoms with Crippen molar-refractivity contribution in [1.29, 1.82) is 0 Å². The van der Waals surface area contributed by atoms with E-state index in [0.717, 1.165) is 77.0 Å². The van der Waals surface area contributed by atoms with E-state index in [4.69, 9.17) is 0 Å². The number of alkyl halides is 3. The quantitative estimate of drug-likeness (QED) is 0.371. The molecule has 0 aromatic rings. The molecule has 0 radical (unpaired) electrons. The fourth-order valence-corrected chi connectivity index (χ4v) is 8.05. The molecular weight excluding hydrogens is 405 g/mol. The smallest absolute Gasteiger partial charge is 0.170 e. The molecule has 3 saturated carbocycles. The lowest BCUT2D eigenvalue weighted by Crippen LogP contribution is -2.55. The van der Waals surface area contributed by atoms with Crippen LogP contribution in [0.5, 0.6) is 0 Å². The zero-order valence-electron chi connectivity index (χ0n) is 21.8. The standard InChI is InChI=1S/C29H51F3/c1-19-7-13-25(14-8-20(19)2)28(29(30,31)32,26-15-9-21(3)22(4)10-16-26)27-17-11-23(5)24(6)12-18-27/h19-27H,7-18H2,1-6H3. The Morgan fingerprint density at radius 3 is 0.719 bits per heavy atom. The highest BCUT2D eigenvalue weighted by Gasteiger charge is 2.65. The first-order chi connectivity index (χ1) is 15.0. The second-order valence-corrected chi connectivity index (χ2v) is 12.8. The summed E-state index contributed by atoms with van der Waals surface area (Å²) < 4.78 is 47.1. The van der Waals surface area contributed by atoms with E-state index in [1.165, 1.54) is 0 Å². The van der Waals surface area contributed by atoms with Crippen molar-refractivity contribution in [3.05, 3.63) is 0 Å². The molecule has 0 spiro atoms. The summed E-state index contributed by atoms with van der Waals surface area (Å²) in [4.78, 5) is 0. The summed E-state index contributed by atoms with van der Waals surface area (Å²) in [5.41, 5.74) is -1.47. The zero-order chi connectivity index (χ0) is 23.7. The molecule has 188 valence electrons. The average molecular weight is 457 g/mol. The molecule has 3 aliphatic rings. The van der Waals surface area contributed by atoms with Crippen molar-refractivity contribution < 1.29 is 13.2 Å². The molecule has 3 fully saturated rings. The van der Waals surface area contributed by atoms with Crippen molar-refractivity contribution in [1.82, 2.24) is 0 Å². The minimum Gasteiger partial charge on any atom is -0.170 e. The van der Waals surface area contributed by atoms with Gasteiger partial charge in [0, 0.05) is 0 Å². The maximum atomic E-state index is 15.7. The Bertz CT molecular complexity index is 476. The largest absolute Gasteiger partial charge is 0.395 e. The Morgan fingerprint density at radius 2 is 0.562 bits per heavy atom. The average Bonchev–Trinajstić information content (AvgIpc) is 3.08. The molecule has 0 saturated heterocycles. The monoisotopic (exact) mass is 456 g/mol. The predicted molar refractivity (Wildman–Crippen MR) is 129 cm³/mol. The third-order valence-corrected chi connectivity index (χ3v) is 11.3. The van der Waals surface area contributed by atoms with Crippen LogP contribution in [0, 0.1) is 58.7 Å². The topological polar surface area (TPSA) is 0 Å². The summed E-state index contributed by atoms with van der Waals surface area (Å²) in [7, 11) is 0. The highest BCUT2D eigenvalue weighted by atomic mass is 19.4. The van der Waals surface area contributed by atoms with Gasteiger partial charge in [-0.2, -0.15) is 13.2 Å². The highest BCUT2D eigenvalue weighted by Crippen LogP contribution is 2.64. The molecule has 0 aromatic heterocycles. The molecule has 32 heavy (non-hydrogen) atoms. The molecule has 3 aliphatic carbocycles. The van der Waals surface area contributed by atoms with Crippen molar-refractivity contribution in [2.24, 2.45) is 58.7 Å². The summed E-state index contributed by atoms with van der Waals surface area (Å²) in [5, 5.41) is 0. The second kappa shape index (κ2) is 10.6. The Hall–Kier alpha value is -0.210. The molecule has 6 unspecified atom stereocenters. The number of rotatable bonds is 3. The third-order valence-electron chi connectivity index (χ3n) is 11.3. The Morgan fingerprint density at radius 1 is 0.375 bits per heavy atom. The van der Waals surface area contributed by atoms with E-state index in [1.54, 1.807) is 0 Å². The second-order valence-electron chi connectivity index (χ2n) is 12.8. The summed E-state index contributed by atoms with van der Waals surface area (Å²) in [6.07, 6.45) is 6.47. The highest BCUT2D eigenvalue weighted by molar-refractivity contribution is 5.04. The Balaban J connectivity index is 2.06.